The molecule has 1 rings (SSSR count). The minimum atomic E-state index is -0.313. The van der Waals surface area contributed by atoms with Crippen LogP contribution in [0.3, 0.4) is 0 Å². The molecule has 4 nitrogen and oxygen atoms in total. The first-order valence-electron chi connectivity index (χ1n) is 5.88. The maximum absolute atomic E-state index is 9.78. The number of likely N-dealkylation sites (N-methyl/N-ethyl adjacent to an activating group) is 1. The lowest BCUT2D eigenvalue weighted by molar-refractivity contribution is 0.116. The summed E-state index contributed by atoms with van der Waals surface area (Å²) in [4.78, 5) is 2.21. The first-order valence-corrected chi connectivity index (χ1v) is 5.88. The van der Waals surface area contributed by atoms with Crippen molar-refractivity contribution in [3.8, 4) is 0 Å². The summed E-state index contributed by atoms with van der Waals surface area (Å²) in [6, 6.07) is 1.92. The molecule has 4 heteroatoms. The van der Waals surface area contributed by atoms with E-state index in [1.807, 2.05) is 6.07 Å². The molecule has 16 heavy (non-hydrogen) atoms. The fraction of sp³-hybridized carbons (Fsp3) is 0.667. The molecule has 0 bridgehead atoms. The summed E-state index contributed by atoms with van der Waals surface area (Å²) < 4.78 is 4.96. The Labute approximate surface area is 97.2 Å². The van der Waals surface area contributed by atoms with Gasteiger partial charge < -0.3 is 19.7 Å². The van der Waals surface area contributed by atoms with E-state index in [9.17, 15) is 5.11 Å². The van der Waals surface area contributed by atoms with E-state index >= 15 is 0 Å². The molecule has 0 saturated heterocycles. The average molecular weight is 226 g/mol. The third kappa shape index (κ3) is 4.79. The number of nitrogens with one attached hydrogen (secondary N) is 1. The Kier molecular flexibility index (Phi) is 6.15. The number of hydrogen-bond donors (Lipinski definition) is 2. The maximum Gasteiger partial charge on any atom is 0.0947 e. The highest BCUT2D eigenvalue weighted by atomic mass is 16.3. The zero-order valence-electron chi connectivity index (χ0n) is 10.1. The molecule has 2 N–H and O–H groups in total. The molecule has 1 heterocycles. The first kappa shape index (κ1) is 13.2. The van der Waals surface area contributed by atoms with Gasteiger partial charge in [0.2, 0.25) is 0 Å². The van der Waals surface area contributed by atoms with Gasteiger partial charge in [0.25, 0.3) is 0 Å². The summed E-state index contributed by atoms with van der Waals surface area (Å²) >= 11 is 0. The molecule has 1 atom stereocenters. The van der Waals surface area contributed by atoms with Gasteiger partial charge in [-0.15, -0.1) is 0 Å². The second-order valence-corrected chi connectivity index (χ2v) is 3.90. The summed E-state index contributed by atoms with van der Waals surface area (Å²) in [5, 5.41) is 13.0. The van der Waals surface area contributed by atoms with E-state index in [1.54, 1.807) is 12.5 Å². The Morgan fingerprint density at radius 1 is 1.44 bits per heavy atom. The van der Waals surface area contributed by atoms with Crippen LogP contribution in [0.15, 0.2) is 23.0 Å². The summed E-state index contributed by atoms with van der Waals surface area (Å²) in [5.41, 5.74) is 1.11. The molecule has 0 aliphatic rings. The Morgan fingerprint density at radius 3 is 2.75 bits per heavy atom. The van der Waals surface area contributed by atoms with Crippen LogP contribution in [-0.4, -0.2) is 42.3 Å². The SMILES string of the molecule is CCN(CC)CC(O)CNCc1ccoc1. The molecular weight excluding hydrogens is 204 g/mol. The fourth-order valence-corrected chi connectivity index (χ4v) is 1.62. The third-order valence-electron chi connectivity index (χ3n) is 2.65. The highest BCUT2D eigenvalue weighted by molar-refractivity contribution is 5.04. The lowest BCUT2D eigenvalue weighted by atomic mass is 10.3. The largest absolute Gasteiger partial charge is 0.472 e. The normalized spacial score (nSPS) is 13.2. The minimum absolute atomic E-state index is 0.313. The molecule has 0 aliphatic heterocycles. The minimum Gasteiger partial charge on any atom is -0.472 e. The molecule has 92 valence electrons. The van der Waals surface area contributed by atoms with Crippen LogP contribution in [0.5, 0.6) is 0 Å². The molecule has 0 radical (unpaired) electrons. The molecule has 0 spiro atoms. The van der Waals surface area contributed by atoms with Gasteiger partial charge in [0.15, 0.2) is 0 Å². The van der Waals surface area contributed by atoms with Gasteiger partial charge in [0.1, 0.15) is 0 Å². The number of nitrogens with zero attached hydrogens (tertiary/aromatic N) is 1. The van der Waals surface area contributed by atoms with Crippen molar-refractivity contribution in [1.82, 2.24) is 10.2 Å². The van der Waals surface area contributed by atoms with Crippen molar-refractivity contribution in [2.24, 2.45) is 0 Å². The Morgan fingerprint density at radius 2 is 2.19 bits per heavy atom. The second kappa shape index (κ2) is 7.44. The van der Waals surface area contributed by atoms with Crippen molar-refractivity contribution in [1.29, 1.82) is 0 Å². The van der Waals surface area contributed by atoms with Crippen LogP contribution >= 0.6 is 0 Å². The van der Waals surface area contributed by atoms with Gasteiger partial charge in [-0.1, -0.05) is 13.8 Å². The quantitative estimate of drug-likeness (QED) is 0.696. The monoisotopic (exact) mass is 226 g/mol. The van der Waals surface area contributed by atoms with Crippen LogP contribution in [0.2, 0.25) is 0 Å². The van der Waals surface area contributed by atoms with E-state index in [1.165, 1.54) is 0 Å². The van der Waals surface area contributed by atoms with Crippen molar-refractivity contribution >= 4 is 0 Å². The first-order chi connectivity index (χ1) is 7.76. The molecule has 0 saturated carbocycles. The van der Waals surface area contributed by atoms with Gasteiger partial charge in [-0.25, -0.2) is 0 Å². The molecule has 0 aliphatic carbocycles. The highest BCUT2D eigenvalue weighted by Gasteiger charge is 2.08. The van der Waals surface area contributed by atoms with Gasteiger partial charge in [-0.05, 0) is 19.2 Å². The summed E-state index contributed by atoms with van der Waals surface area (Å²) in [6.45, 7) is 8.26. The van der Waals surface area contributed by atoms with Crippen molar-refractivity contribution in [2.45, 2.75) is 26.5 Å². The van der Waals surface area contributed by atoms with Gasteiger partial charge >= 0.3 is 0 Å². The van der Waals surface area contributed by atoms with E-state index in [0.717, 1.165) is 31.7 Å². The maximum atomic E-state index is 9.78. The predicted octanol–water partition coefficient (Wildman–Crippen LogP) is 1.07. The van der Waals surface area contributed by atoms with Gasteiger partial charge in [-0.3, -0.25) is 0 Å². The summed E-state index contributed by atoms with van der Waals surface area (Å²) in [7, 11) is 0. The summed E-state index contributed by atoms with van der Waals surface area (Å²) in [5.74, 6) is 0. The van der Waals surface area contributed by atoms with Crippen molar-refractivity contribution < 1.29 is 9.52 Å². The van der Waals surface area contributed by atoms with E-state index < -0.39 is 0 Å². The highest BCUT2D eigenvalue weighted by Crippen LogP contribution is 1.98. The van der Waals surface area contributed by atoms with Gasteiger partial charge in [-0.2, -0.15) is 0 Å². The number of aliphatic hydroxyl groups is 1. The van der Waals surface area contributed by atoms with Crippen molar-refractivity contribution in [2.75, 3.05) is 26.2 Å². The average Bonchev–Trinajstić information content (AvgIpc) is 2.79. The van der Waals surface area contributed by atoms with Crippen LogP contribution in [0.1, 0.15) is 19.4 Å². The zero-order chi connectivity index (χ0) is 11.8. The lowest BCUT2D eigenvalue weighted by Crippen LogP contribution is -2.38. The molecule has 1 unspecified atom stereocenters. The van der Waals surface area contributed by atoms with E-state index in [-0.39, 0.29) is 6.10 Å². The number of rotatable bonds is 8. The van der Waals surface area contributed by atoms with Crippen LogP contribution in [0, 0.1) is 0 Å². The van der Waals surface area contributed by atoms with Crippen LogP contribution in [0.25, 0.3) is 0 Å². The summed E-state index contributed by atoms with van der Waals surface area (Å²) in [6.07, 6.45) is 3.06. The smallest absolute Gasteiger partial charge is 0.0947 e. The third-order valence-corrected chi connectivity index (χ3v) is 2.65. The topological polar surface area (TPSA) is 48.6 Å². The van der Waals surface area contributed by atoms with Crippen LogP contribution in [-0.2, 0) is 6.54 Å². The standard InChI is InChI=1S/C12H22N2O2/c1-3-14(4-2)9-12(15)8-13-7-11-5-6-16-10-11/h5-6,10,12-13,15H,3-4,7-9H2,1-2H3. The number of aliphatic hydroxyl groups excluding tert-OH is 1. The van der Waals surface area contributed by atoms with Crippen molar-refractivity contribution in [3.63, 3.8) is 0 Å². The molecule has 1 aromatic rings. The van der Waals surface area contributed by atoms with Gasteiger partial charge in [0.05, 0.1) is 18.6 Å². The Bertz CT molecular complexity index is 258. The number of furan rings is 1. The van der Waals surface area contributed by atoms with Crippen molar-refractivity contribution in [3.05, 3.63) is 24.2 Å². The Hall–Kier alpha value is -0.840. The molecule has 0 fully saturated rings. The lowest BCUT2D eigenvalue weighted by Gasteiger charge is -2.21. The molecular formula is C12H22N2O2. The number of hydrogen-bond acceptors (Lipinski definition) is 4. The van der Waals surface area contributed by atoms with Gasteiger partial charge in [0, 0.05) is 25.2 Å². The van der Waals surface area contributed by atoms with Crippen LogP contribution in [0.4, 0.5) is 0 Å². The zero-order valence-corrected chi connectivity index (χ0v) is 10.1. The van der Waals surface area contributed by atoms with E-state index in [4.69, 9.17) is 4.42 Å². The second-order valence-electron chi connectivity index (χ2n) is 3.90. The Balaban J connectivity index is 2.12. The predicted molar refractivity (Wildman–Crippen MR) is 64.2 cm³/mol. The van der Waals surface area contributed by atoms with E-state index in [0.29, 0.717) is 6.54 Å². The molecule has 1 aromatic heterocycles. The van der Waals surface area contributed by atoms with Crippen LogP contribution < -0.4 is 5.32 Å². The fourth-order valence-electron chi connectivity index (χ4n) is 1.62. The molecule has 0 aromatic carbocycles. The molecule has 0 amide bonds. The van der Waals surface area contributed by atoms with E-state index in [2.05, 4.69) is 24.1 Å².